The highest BCUT2D eigenvalue weighted by Gasteiger charge is 2.04. The molecule has 1 nitrogen and oxygen atoms in total. The van der Waals surface area contributed by atoms with Crippen LogP contribution >= 0.6 is 38.5 Å². The van der Waals surface area contributed by atoms with Gasteiger partial charge in [0, 0.05) is 20.0 Å². The fraction of sp³-hybridized carbons (Fsp3) is 0.222. The van der Waals surface area contributed by atoms with Crippen molar-refractivity contribution < 1.29 is 4.79 Å². The highest BCUT2D eigenvalue weighted by molar-refractivity contribution is 14.1. The molecule has 1 aromatic carbocycles. The number of ketones is 1. The van der Waals surface area contributed by atoms with Gasteiger partial charge < -0.3 is 0 Å². The maximum absolute atomic E-state index is 11.3. The van der Waals surface area contributed by atoms with Crippen LogP contribution in [0.5, 0.6) is 0 Å². The summed E-state index contributed by atoms with van der Waals surface area (Å²) in [4.78, 5) is 11.3. The van der Waals surface area contributed by atoms with Crippen molar-refractivity contribution in [2.45, 2.75) is 13.3 Å². The van der Waals surface area contributed by atoms with Crippen molar-refractivity contribution in [3.63, 3.8) is 0 Å². The van der Waals surface area contributed by atoms with Gasteiger partial charge in [-0.2, -0.15) is 0 Å². The molecular formula is C9H8BrIO. The van der Waals surface area contributed by atoms with E-state index in [2.05, 4.69) is 38.5 Å². The molecule has 3 heteroatoms. The molecule has 0 amide bonds. The van der Waals surface area contributed by atoms with Crippen molar-refractivity contribution in [3.8, 4) is 0 Å². The first kappa shape index (κ1) is 10.2. The zero-order valence-electron chi connectivity index (χ0n) is 6.60. The molecule has 0 heterocycles. The molecule has 64 valence electrons. The highest BCUT2D eigenvalue weighted by atomic mass is 127. The monoisotopic (exact) mass is 338 g/mol. The van der Waals surface area contributed by atoms with Crippen LogP contribution < -0.4 is 0 Å². The van der Waals surface area contributed by atoms with Crippen molar-refractivity contribution >= 4 is 44.3 Å². The van der Waals surface area contributed by atoms with Crippen molar-refractivity contribution in [2.24, 2.45) is 0 Å². The Bertz CT molecular complexity index is 309. The Morgan fingerprint density at radius 2 is 2.25 bits per heavy atom. The Balaban J connectivity index is 3.05. The lowest BCUT2D eigenvalue weighted by molar-refractivity contribution is 0.0988. The van der Waals surface area contributed by atoms with Crippen LogP contribution in [0, 0.1) is 3.57 Å². The minimum atomic E-state index is 0.187. The van der Waals surface area contributed by atoms with E-state index in [4.69, 9.17) is 0 Å². The van der Waals surface area contributed by atoms with Gasteiger partial charge in [0.1, 0.15) is 0 Å². The number of hydrogen-bond donors (Lipinski definition) is 0. The minimum Gasteiger partial charge on any atom is -0.294 e. The lowest BCUT2D eigenvalue weighted by atomic mass is 10.1. The zero-order valence-corrected chi connectivity index (χ0v) is 10.3. The van der Waals surface area contributed by atoms with Crippen molar-refractivity contribution in [1.82, 2.24) is 0 Å². The van der Waals surface area contributed by atoms with Gasteiger partial charge in [0.2, 0.25) is 0 Å². The SMILES string of the molecule is CCC(=O)c1ccc(I)c(Br)c1. The van der Waals surface area contributed by atoms with Crippen LogP contribution in [0.1, 0.15) is 23.7 Å². The number of rotatable bonds is 2. The molecule has 0 unspecified atom stereocenters. The van der Waals surface area contributed by atoms with E-state index in [9.17, 15) is 4.79 Å². The van der Waals surface area contributed by atoms with E-state index in [1.54, 1.807) is 0 Å². The lowest BCUT2D eigenvalue weighted by Gasteiger charge is -1.99. The number of Topliss-reactive ketones (excluding diaryl/α,β-unsaturated/α-hetero) is 1. The third-order valence-electron chi connectivity index (χ3n) is 1.56. The highest BCUT2D eigenvalue weighted by Crippen LogP contribution is 2.20. The first-order valence-electron chi connectivity index (χ1n) is 3.63. The summed E-state index contributed by atoms with van der Waals surface area (Å²) >= 11 is 5.60. The molecule has 12 heavy (non-hydrogen) atoms. The molecule has 0 spiro atoms. The largest absolute Gasteiger partial charge is 0.294 e. The molecule has 0 aliphatic heterocycles. The van der Waals surface area contributed by atoms with Gasteiger partial charge >= 0.3 is 0 Å². The second kappa shape index (κ2) is 4.37. The van der Waals surface area contributed by atoms with Gasteiger partial charge in [-0.25, -0.2) is 0 Å². The Labute approximate surface area is 93.8 Å². The van der Waals surface area contributed by atoms with Gasteiger partial charge in [-0.3, -0.25) is 4.79 Å². The number of benzene rings is 1. The number of carbonyl (C=O) groups is 1. The molecule has 0 N–H and O–H groups in total. The summed E-state index contributed by atoms with van der Waals surface area (Å²) < 4.78 is 2.11. The van der Waals surface area contributed by atoms with Crippen molar-refractivity contribution in [3.05, 3.63) is 31.8 Å². The maximum Gasteiger partial charge on any atom is 0.162 e. The Morgan fingerprint density at radius 3 is 2.75 bits per heavy atom. The Kier molecular flexibility index (Phi) is 3.71. The van der Waals surface area contributed by atoms with E-state index < -0.39 is 0 Å². The standard InChI is InChI=1S/C9H8BrIO/c1-2-9(12)6-3-4-8(11)7(10)5-6/h3-5H,2H2,1H3. The third kappa shape index (κ3) is 2.29. The average molecular weight is 339 g/mol. The van der Waals surface area contributed by atoms with Crippen LogP contribution in [0.25, 0.3) is 0 Å². The average Bonchev–Trinajstić information content (AvgIpc) is 2.08. The quantitative estimate of drug-likeness (QED) is 0.594. The van der Waals surface area contributed by atoms with E-state index in [1.807, 2.05) is 25.1 Å². The summed E-state index contributed by atoms with van der Waals surface area (Å²) in [6, 6.07) is 5.67. The van der Waals surface area contributed by atoms with Gasteiger partial charge in [0.05, 0.1) is 0 Å². The smallest absolute Gasteiger partial charge is 0.162 e. The zero-order chi connectivity index (χ0) is 9.14. The van der Waals surface area contributed by atoms with Gasteiger partial charge in [-0.1, -0.05) is 13.0 Å². The number of hydrogen-bond acceptors (Lipinski definition) is 1. The van der Waals surface area contributed by atoms with Crippen molar-refractivity contribution in [1.29, 1.82) is 0 Å². The van der Waals surface area contributed by atoms with Crippen LogP contribution in [0.3, 0.4) is 0 Å². The van der Waals surface area contributed by atoms with Crippen LogP contribution in [0.15, 0.2) is 22.7 Å². The maximum atomic E-state index is 11.3. The second-order valence-electron chi connectivity index (χ2n) is 2.41. The number of carbonyl (C=O) groups excluding carboxylic acids is 1. The first-order valence-corrected chi connectivity index (χ1v) is 5.50. The fourth-order valence-corrected chi connectivity index (χ4v) is 1.59. The summed E-state index contributed by atoms with van der Waals surface area (Å²) in [5.41, 5.74) is 0.782. The van der Waals surface area contributed by atoms with E-state index in [-0.39, 0.29) is 5.78 Å². The summed E-state index contributed by atoms with van der Waals surface area (Å²) in [6.07, 6.45) is 0.563. The van der Waals surface area contributed by atoms with Crippen LogP contribution in [-0.4, -0.2) is 5.78 Å². The molecule has 0 atom stereocenters. The fourth-order valence-electron chi connectivity index (χ4n) is 0.874. The van der Waals surface area contributed by atoms with E-state index in [0.717, 1.165) is 13.6 Å². The summed E-state index contributed by atoms with van der Waals surface area (Å²) in [5, 5.41) is 0. The molecule has 0 saturated heterocycles. The summed E-state index contributed by atoms with van der Waals surface area (Å²) in [7, 11) is 0. The molecule has 1 rings (SSSR count). The van der Waals surface area contributed by atoms with Gasteiger partial charge in [-0.15, -0.1) is 0 Å². The topological polar surface area (TPSA) is 17.1 Å². The molecule has 0 bridgehead atoms. The molecule has 1 aromatic rings. The van der Waals surface area contributed by atoms with Crippen LogP contribution in [0.2, 0.25) is 0 Å². The van der Waals surface area contributed by atoms with Crippen molar-refractivity contribution in [2.75, 3.05) is 0 Å². The predicted octanol–water partition coefficient (Wildman–Crippen LogP) is 3.65. The van der Waals surface area contributed by atoms with Gasteiger partial charge in [0.15, 0.2) is 5.78 Å². The molecule has 0 radical (unpaired) electrons. The molecule has 0 fully saturated rings. The number of halogens is 2. The third-order valence-corrected chi connectivity index (χ3v) is 3.90. The summed E-state index contributed by atoms with van der Waals surface area (Å²) in [5.74, 6) is 0.187. The Hall–Kier alpha value is 0.1000. The van der Waals surface area contributed by atoms with E-state index in [1.165, 1.54) is 0 Å². The molecule has 0 saturated carbocycles. The predicted molar refractivity (Wildman–Crippen MR) is 61.5 cm³/mol. The summed E-state index contributed by atoms with van der Waals surface area (Å²) in [6.45, 7) is 1.87. The first-order chi connectivity index (χ1) is 5.65. The lowest BCUT2D eigenvalue weighted by Crippen LogP contribution is -1.96. The van der Waals surface area contributed by atoms with Crippen LogP contribution in [-0.2, 0) is 0 Å². The normalized spacial score (nSPS) is 9.92. The van der Waals surface area contributed by atoms with Gasteiger partial charge in [0.25, 0.3) is 0 Å². The van der Waals surface area contributed by atoms with Crippen LogP contribution in [0.4, 0.5) is 0 Å². The van der Waals surface area contributed by atoms with E-state index in [0.29, 0.717) is 6.42 Å². The van der Waals surface area contributed by atoms with Gasteiger partial charge in [-0.05, 0) is 50.7 Å². The second-order valence-corrected chi connectivity index (χ2v) is 4.42. The molecule has 0 aliphatic carbocycles. The Morgan fingerprint density at radius 1 is 1.58 bits per heavy atom. The molecule has 0 aromatic heterocycles. The minimum absolute atomic E-state index is 0.187. The van der Waals surface area contributed by atoms with E-state index >= 15 is 0 Å². The molecular weight excluding hydrogens is 331 g/mol. The molecule has 0 aliphatic rings.